The Bertz CT molecular complexity index is 664. The molecule has 0 radical (unpaired) electrons. The molecular formula is C14H15N2S+. The largest absolute Gasteiger partial charge is 0.346 e. The van der Waals surface area contributed by atoms with E-state index in [4.69, 9.17) is 0 Å². The fourth-order valence-electron chi connectivity index (χ4n) is 2.15. The molecule has 0 aliphatic rings. The van der Waals surface area contributed by atoms with Crippen LogP contribution < -0.4 is 4.40 Å². The van der Waals surface area contributed by atoms with Crippen LogP contribution in [0.5, 0.6) is 0 Å². The van der Waals surface area contributed by atoms with Crippen molar-refractivity contribution in [1.29, 1.82) is 0 Å². The highest BCUT2D eigenvalue weighted by atomic mass is 32.1. The molecule has 0 amide bonds. The number of rotatable bonds is 2. The van der Waals surface area contributed by atoms with E-state index in [0.717, 1.165) is 6.54 Å². The number of fused-ring (bicyclic) bond motifs is 1. The highest BCUT2D eigenvalue weighted by Crippen LogP contribution is 2.15. The van der Waals surface area contributed by atoms with Crippen LogP contribution in [0.15, 0.2) is 42.0 Å². The van der Waals surface area contributed by atoms with Crippen molar-refractivity contribution in [1.82, 2.24) is 4.57 Å². The molecule has 17 heavy (non-hydrogen) atoms. The number of thiazole rings is 1. The number of aromatic nitrogens is 2. The minimum atomic E-state index is 0.954. The minimum absolute atomic E-state index is 0.954. The van der Waals surface area contributed by atoms with E-state index in [0.29, 0.717) is 0 Å². The Morgan fingerprint density at radius 3 is 2.88 bits per heavy atom. The van der Waals surface area contributed by atoms with E-state index in [2.05, 4.69) is 64.9 Å². The third-order valence-electron chi connectivity index (χ3n) is 3.19. The maximum absolute atomic E-state index is 2.37. The maximum Gasteiger partial charge on any atom is 0.346 e. The molecule has 0 aliphatic heterocycles. The van der Waals surface area contributed by atoms with Gasteiger partial charge in [0.05, 0.1) is 0 Å². The van der Waals surface area contributed by atoms with Gasteiger partial charge >= 0.3 is 4.96 Å². The zero-order valence-electron chi connectivity index (χ0n) is 10.1. The predicted octanol–water partition coefficient (Wildman–Crippen LogP) is 2.95. The highest BCUT2D eigenvalue weighted by Gasteiger charge is 2.16. The Morgan fingerprint density at radius 2 is 2.06 bits per heavy atom. The number of nitrogens with zero attached hydrogens (tertiary/aromatic N) is 2. The van der Waals surface area contributed by atoms with Crippen LogP contribution in [-0.4, -0.2) is 4.57 Å². The van der Waals surface area contributed by atoms with Gasteiger partial charge in [-0.15, -0.1) is 0 Å². The van der Waals surface area contributed by atoms with Gasteiger partial charge in [-0.25, -0.2) is 4.57 Å². The molecule has 2 heterocycles. The molecule has 0 fully saturated rings. The summed E-state index contributed by atoms with van der Waals surface area (Å²) in [7, 11) is 0. The Kier molecular flexibility index (Phi) is 2.48. The van der Waals surface area contributed by atoms with Gasteiger partial charge in [0.1, 0.15) is 24.6 Å². The van der Waals surface area contributed by atoms with Crippen molar-refractivity contribution in [3.63, 3.8) is 0 Å². The van der Waals surface area contributed by atoms with E-state index >= 15 is 0 Å². The third kappa shape index (κ3) is 1.76. The average Bonchev–Trinajstić information content (AvgIpc) is 2.85. The van der Waals surface area contributed by atoms with Gasteiger partial charge in [-0.1, -0.05) is 35.6 Å². The topological polar surface area (TPSA) is 9.03 Å². The molecule has 0 saturated heterocycles. The standard InChI is InChI=1S/C14H15N2S/c1-11-5-3-4-6-13(11)10-16-12(2)9-15-7-8-17-14(15)16/h3-9H,10H2,1-2H3/q+1. The summed E-state index contributed by atoms with van der Waals surface area (Å²) in [5.41, 5.74) is 4.05. The summed E-state index contributed by atoms with van der Waals surface area (Å²) in [5.74, 6) is 0. The first kappa shape index (κ1) is 10.5. The summed E-state index contributed by atoms with van der Waals surface area (Å²) in [6.07, 6.45) is 4.30. The van der Waals surface area contributed by atoms with Gasteiger partial charge in [0, 0.05) is 12.3 Å². The van der Waals surface area contributed by atoms with Gasteiger partial charge in [0.2, 0.25) is 0 Å². The molecule has 0 spiro atoms. The van der Waals surface area contributed by atoms with Crippen LogP contribution in [0, 0.1) is 13.8 Å². The molecule has 2 nitrogen and oxygen atoms in total. The Hall–Kier alpha value is -1.61. The van der Waals surface area contributed by atoms with Crippen molar-refractivity contribution in [3.8, 4) is 0 Å². The van der Waals surface area contributed by atoms with E-state index in [1.807, 2.05) is 0 Å². The molecule has 0 unspecified atom stereocenters. The molecule has 0 aliphatic carbocycles. The van der Waals surface area contributed by atoms with E-state index in [-0.39, 0.29) is 0 Å². The number of hydrogen-bond donors (Lipinski definition) is 0. The fourth-order valence-corrected chi connectivity index (χ4v) is 3.04. The van der Waals surface area contributed by atoms with Gasteiger partial charge in [0.15, 0.2) is 0 Å². The average molecular weight is 243 g/mol. The second kappa shape index (κ2) is 4.00. The molecular weight excluding hydrogens is 228 g/mol. The quantitative estimate of drug-likeness (QED) is 0.612. The van der Waals surface area contributed by atoms with Gasteiger partial charge < -0.3 is 0 Å². The molecule has 0 saturated carbocycles. The zero-order chi connectivity index (χ0) is 11.8. The first-order valence-corrected chi connectivity index (χ1v) is 6.63. The van der Waals surface area contributed by atoms with Gasteiger partial charge in [-0.3, -0.25) is 0 Å². The van der Waals surface area contributed by atoms with E-state index in [1.54, 1.807) is 11.3 Å². The van der Waals surface area contributed by atoms with Crippen LogP contribution >= 0.6 is 11.3 Å². The second-order valence-corrected chi connectivity index (χ2v) is 5.25. The molecule has 3 aromatic rings. The summed E-state index contributed by atoms with van der Waals surface area (Å²) in [6, 6.07) is 8.59. The van der Waals surface area contributed by atoms with Crippen LogP contribution in [0.4, 0.5) is 0 Å². The molecule has 2 aromatic heterocycles. The minimum Gasteiger partial charge on any atom is -0.214 e. The van der Waals surface area contributed by atoms with Crippen molar-refractivity contribution < 1.29 is 4.40 Å². The summed E-state index contributed by atoms with van der Waals surface area (Å²) < 4.78 is 4.56. The van der Waals surface area contributed by atoms with Crippen LogP contribution in [0.1, 0.15) is 16.8 Å². The van der Waals surface area contributed by atoms with Crippen molar-refractivity contribution >= 4 is 16.3 Å². The smallest absolute Gasteiger partial charge is 0.214 e. The lowest BCUT2D eigenvalue weighted by Crippen LogP contribution is -2.14. The van der Waals surface area contributed by atoms with Gasteiger partial charge in [0.25, 0.3) is 0 Å². The van der Waals surface area contributed by atoms with Gasteiger partial charge in [-0.2, -0.15) is 4.40 Å². The molecule has 3 heteroatoms. The summed E-state index contributed by atoms with van der Waals surface area (Å²) in [6.45, 7) is 5.29. The summed E-state index contributed by atoms with van der Waals surface area (Å²) in [5, 5.41) is 2.13. The first-order chi connectivity index (χ1) is 8.25. The molecule has 86 valence electrons. The van der Waals surface area contributed by atoms with Crippen LogP contribution in [0.3, 0.4) is 0 Å². The Balaban J connectivity index is 2.08. The van der Waals surface area contributed by atoms with E-state index < -0.39 is 0 Å². The van der Waals surface area contributed by atoms with Crippen molar-refractivity contribution in [3.05, 3.63) is 58.9 Å². The van der Waals surface area contributed by atoms with Crippen LogP contribution in [0.2, 0.25) is 0 Å². The van der Waals surface area contributed by atoms with E-state index in [1.165, 1.54) is 21.8 Å². The molecule has 0 bridgehead atoms. The molecule has 0 N–H and O–H groups in total. The monoisotopic (exact) mass is 243 g/mol. The Labute approximate surface area is 105 Å². The van der Waals surface area contributed by atoms with Crippen molar-refractivity contribution in [2.45, 2.75) is 20.4 Å². The summed E-state index contributed by atoms with van der Waals surface area (Å²) in [4.78, 5) is 1.30. The number of hydrogen-bond acceptors (Lipinski definition) is 1. The lowest BCUT2D eigenvalue weighted by Gasteiger charge is -2.03. The molecule has 3 rings (SSSR count). The number of imidazole rings is 1. The highest BCUT2D eigenvalue weighted by molar-refractivity contribution is 7.14. The first-order valence-electron chi connectivity index (χ1n) is 5.75. The number of benzene rings is 1. The van der Waals surface area contributed by atoms with Crippen LogP contribution in [0.25, 0.3) is 4.96 Å². The normalized spacial score (nSPS) is 11.2. The van der Waals surface area contributed by atoms with Crippen molar-refractivity contribution in [2.24, 2.45) is 0 Å². The Morgan fingerprint density at radius 1 is 1.24 bits per heavy atom. The summed E-state index contributed by atoms with van der Waals surface area (Å²) >= 11 is 1.79. The maximum atomic E-state index is 2.37. The second-order valence-electron chi connectivity index (χ2n) is 4.38. The van der Waals surface area contributed by atoms with Gasteiger partial charge in [-0.05, 0) is 18.1 Å². The lowest BCUT2D eigenvalue weighted by atomic mass is 10.1. The predicted molar refractivity (Wildman–Crippen MR) is 70.5 cm³/mol. The lowest BCUT2D eigenvalue weighted by molar-refractivity contribution is -0.506. The fraction of sp³-hybridized carbons (Fsp3) is 0.214. The van der Waals surface area contributed by atoms with Crippen LogP contribution in [-0.2, 0) is 6.54 Å². The SMILES string of the molecule is Cc1ccccc1Cn1c(C)c[n+]2ccsc12. The third-order valence-corrected chi connectivity index (χ3v) is 4.09. The van der Waals surface area contributed by atoms with E-state index in [9.17, 15) is 0 Å². The molecule has 0 atom stereocenters. The zero-order valence-corrected chi connectivity index (χ0v) is 10.9. The molecule has 1 aromatic carbocycles. The van der Waals surface area contributed by atoms with Crippen molar-refractivity contribution in [2.75, 3.05) is 0 Å². The number of aryl methyl sites for hydroxylation is 2.